The molecule has 0 bridgehead atoms. The topological polar surface area (TPSA) is 101 Å². The smallest absolute Gasteiger partial charge is 0.267 e. The Bertz CT molecular complexity index is 1120. The molecule has 8 nitrogen and oxygen atoms in total. The lowest BCUT2D eigenvalue weighted by Crippen LogP contribution is -2.35. The number of aryl methyl sites for hydroxylation is 1. The average Bonchev–Trinajstić information content (AvgIpc) is 3.20. The van der Waals surface area contributed by atoms with Crippen LogP contribution in [0.15, 0.2) is 39.2 Å². The van der Waals surface area contributed by atoms with Crippen LogP contribution in [0.4, 0.5) is 5.69 Å². The molecule has 154 valence electrons. The molecule has 1 amide bonds. The highest BCUT2D eigenvalue weighted by molar-refractivity contribution is 7.99. The van der Waals surface area contributed by atoms with Crippen molar-refractivity contribution in [3.8, 4) is 0 Å². The van der Waals surface area contributed by atoms with E-state index in [0.29, 0.717) is 36.0 Å². The van der Waals surface area contributed by atoms with Gasteiger partial charge in [-0.15, -0.1) is 0 Å². The Morgan fingerprint density at radius 2 is 1.93 bits per heavy atom. The molecule has 1 N–H and O–H groups in total. The molecule has 0 aliphatic carbocycles. The number of nitrogens with one attached hydrogen (secondary N) is 1. The van der Waals surface area contributed by atoms with E-state index in [2.05, 4.69) is 10.3 Å². The van der Waals surface area contributed by atoms with Crippen molar-refractivity contribution in [2.75, 3.05) is 24.2 Å². The number of sulfonamides is 1. The standard InChI is InChI=1S/C19H22N4O4S2/c1-13-5-6-14(29(26,27)22-7-3-2-4-8-22)11-16(13)21-17(24)15-12-20-19-23(18(15)25)9-10-28-19/h5-6,11-12H,2-4,7-10H2,1H3,(H,21,24). The molecule has 1 aromatic carbocycles. The molecule has 0 atom stereocenters. The van der Waals surface area contributed by atoms with Crippen molar-refractivity contribution >= 4 is 33.4 Å². The first-order chi connectivity index (χ1) is 13.9. The summed E-state index contributed by atoms with van der Waals surface area (Å²) in [5.74, 6) is 0.161. The van der Waals surface area contributed by atoms with Crippen molar-refractivity contribution in [1.29, 1.82) is 0 Å². The summed E-state index contributed by atoms with van der Waals surface area (Å²) in [4.78, 5) is 29.6. The number of benzene rings is 1. The van der Waals surface area contributed by atoms with Gasteiger partial charge >= 0.3 is 0 Å². The van der Waals surface area contributed by atoms with Crippen molar-refractivity contribution in [2.24, 2.45) is 0 Å². The summed E-state index contributed by atoms with van der Waals surface area (Å²) in [5.41, 5.74) is 0.639. The van der Waals surface area contributed by atoms with Gasteiger partial charge in [-0.25, -0.2) is 13.4 Å². The second-order valence-corrected chi connectivity index (χ2v) is 10.2. The summed E-state index contributed by atoms with van der Waals surface area (Å²) in [6.45, 7) is 3.31. The van der Waals surface area contributed by atoms with Crippen molar-refractivity contribution in [1.82, 2.24) is 13.9 Å². The maximum absolute atomic E-state index is 12.9. The van der Waals surface area contributed by atoms with Gasteiger partial charge in [0.1, 0.15) is 5.56 Å². The van der Waals surface area contributed by atoms with E-state index in [-0.39, 0.29) is 16.0 Å². The molecule has 2 aliphatic heterocycles. The second-order valence-electron chi connectivity index (χ2n) is 7.16. The van der Waals surface area contributed by atoms with E-state index >= 15 is 0 Å². The van der Waals surface area contributed by atoms with Gasteiger partial charge in [0.15, 0.2) is 5.16 Å². The monoisotopic (exact) mass is 434 g/mol. The van der Waals surface area contributed by atoms with Gasteiger partial charge in [-0.05, 0) is 37.5 Å². The van der Waals surface area contributed by atoms with Gasteiger partial charge in [0, 0.05) is 37.3 Å². The molecule has 3 heterocycles. The molecule has 2 aromatic rings. The lowest BCUT2D eigenvalue weighted by atomic mass is 10.2. The minimum atomic E-state index is -3.62. The van der Waals surface area contributed by atoms with E-state index in [1.165, 1.54) is 32.9 Å². The molecule has 0 saturated carbocycles. The fraction of sp³-hybridized carbons (Fsp3) is 0.421. The normalized spacial score (nSPS) is 17.1. The Hall–Kier alpha value is -2.17. The van der Waals surface area contributed by atoms with Crippen LogP contribution in [-0.4, -0.2) is 47.0 Å². The molecule has 0 unspecified atom stereocenters. The Labute approximate surface area is 173 Å². The van der Waals surface area contributed by atoms with Crippen LogP contribution < -0.4 is 10.9 Å². The molecule has 2 aliphatic rings. The Kier molecular flexibility index (Phi) is 5.50. The van der Waals surface area contributed by atoms with Crippen LogP contribution in [0.3, 0.4) is 0 Å². The quantitative estimate of drug-likeness (QED) is 0.740. The van der Waals surface area contributed by atoms with Gasteiger partial charge in [-0.1, -0.05) is 24.2 Å². The molecule has 0 radical (unpaired) electrons. The van der Waals surface area contributed by atoms with Crippen LogP contribution in [-0.2, 0) is 16.6 Å². The zero-order chi connectivity index (χ0) is 20.6. The van der Waals surface area contributed by atoms with Crippen LogP contribution >= 0.6 is 11.8 Å². The summed E-state index contributed by atoms with van der Waals surface area (Å²) in [6, 6.07) is 4.68. The molecule has 1 saturated heterocycles. The molecule has 29 heavy (non-hydrogen) atoms. The average molecular weight is 435 g/mol. The summed E-state index contributed by atoms with van der Waals surface area (Å²) >= 11 is 1.48. The first kappa shape index (κ1) is 20.1. The molecule has 0 spiro atoms. The van der Waals surface area contributed by atoms with E-state index in [4.69, 9.17) is 0 Å². The Morgan fingerprint density at radius 3 is 2.69 bits per heavy atom. The fourth-order valence-electron chi connectivity index (χ4n) is 3.51. The van der Waals surface area contributed by atoms with E-state index in [1.807, 2.05) is 0 Å². The number of amides is 1. The number of fused-ring (bicyclic) bond motifs is 1. The Balaban J connectivity index is 1.62. The highest BCUT2D eigenvalue weighted by atomic mass is 32.2. The number of piperidine rings is 1. The van der Waals surface area contributed by atoms with Crippen LogP contribution in [0.2, 0.25) is 0 Å². The highest BCUT2D eigenvalue weighted by Crippen LogP contribution is 2.26. The largest absolute Gasteiger partial charge is 0.321 e. The van der Waals surface area contributed by atoms with Gasteiger partial charge in [0.05, 0.1) is 4.90 Å². The Morgan fingerprint density at radius 1 is 1.17 bits per heavy atom. The lowest BCUT2D eigenvalue weighted by molar-refractivity contribution is 0.102. The number of thioether (sulfide) groups is 1. The number of hydrogen-bond acceptors (Lipinski definition) is 6. The van der Waals surface area contributed by atoms with E-state index in [1.54, 1.807) is 19.1 Å². The second kappa shape index (κ2) is 7.92. The van der Waals surface area contributed by atoms with Gasteiger partial charge in [0.25, 0.3) is 11.5 Å². The van der Waals surface area contributed by atoms with E-state index in [9.17, 15) is 18.0 Å². The third-order valence-electron chi connectivity index (χ3n) is 5.21. The van der Waals surface area contributed by atoms with Gasteiger partial charge < -0.3 is 5.32 Å². The number of anilines is 1. The van der Waals surface area contributed by atoms with Crippen molar-refractivity contribution < 1.29 is 13.2 Å². The molecule has 1 aromatic heterocycles. The summed E-state index contributed by atoms with van der Waals surface area (Å²) < 4.78 is 28.8. The first-order valence-electron chi connectivity index (χ1n) is 9.53. The van der Waals surface area contributed by atoms with E-state index in [0.717, 1.165) is 25.0 Å². The van der Waals surface area contributed by atoms with Crippen LogP contribution in [0.25, 0.3) is 0 Å². The van der Waals surface area contributed by atoms with Gasteiger partial charge in [0.2, 0.25) is 10.0 Å². The molecular weight excluding hydrogens is 412 g/mol. The number of rotatable bonds is 4. The number of aromatic nitrogens is 2. The molecular formula is C19H22N4O4S2. The minimum Gasteiger partial charge on any atom is -0.321 e. The third-order valence-corrected chi connectivity index (χ3v) is 8.08. The summed E-state index contributed by atoms with van der Waals surface area (Å²) in [5, 5.41) is 3.30. The predicted molar refractivity (Wildman–Crippen MR) is 111 cm³/mol. The van der Waals surface area contributed by atoms with Gasteiger partial charge in [-0.2, -0.15) is 4.31 Å². The highest BCUT2D eigenvalue weighted by Gasteiger charge is 2.27. The SMILES string of the molecule is Cc1ccc(S(=O)(=O)N2CCCCC2)cc1NC(=O)c1cnc2n(c1=O)CCS2. The zero-order valence-electron chi connectivity index (χ0n) is 16.1. The lowest BCUT2D eigenvalue weighted by Gasteiger charge is -2.26. The van der Waals surface area contributed by atoms with Crippen molar-refractivity contribution in [3.63, 3.8) is 0 Å². The number of hydrogen-bond donors (Lipinski definition) is 1. The predicted octanol–water partition coefficient (Wildman–Crippen LogP) is 2.08. The first-order valence-corrected chi connectivity index (χ1v) is 12.0. The zero-order valence-corrected chi connectivity index (χ0v) is 17.7. The minimum absolute atomic E-state index is 0.0556. The summed E-state index contributed by atoms with van der Waals surface area (Å²) in [6.07, 6.45) is 4.01. The van der Waals surface area contributed by atoms with Crippen molar-refractivity contribution in [3.05, 3.63) is 45.9 Å². The number of carbonyl (C=O) groups excluding carboxylic acids is 1. The maximum atomic E-state index is 12.9. The van der Waals surface area contributed by atoms with E-state index < -0.39 is 15.9 Å². The molecule has 10 heteroatoms. The number of carbonyl (C=O) groups is 1. The number of nitrogens with zero attached hydrogens (tertiary/aromatic N) is 3. The maximum Gasteiger partial charge on any atom is 0.267 e. The summed E-state index contributed by atoms with van der Waals surface area (Å²) in [7, 11) is -3.62. The van der Waals surface area contributed by atoms with Crippen LogP contribution in [0.5, 0.6) is 0 Å². The van der Waals surface area contributed by atoms with Crippen LogP contribution in [0.1, 0.15) is 35.2 Å². The third kappa shape index (κ3) is 3.84. The fourth-order valence-corrected chi connectivity index (χ4v) is 5.97. The molecule has 1 fully saturated rings. The molecule has 4 rings (SSSR count). The van der Waals surface area contributed by atoms with Crippen LogP contribution in [0, 0.1) is 6.92 Å². The van der Waals surface area contributed by atoms with Crippen molar-refractivity contribution in [2.45, 2.75) is 42.8 Å². The van der Waals surface area contributed by atoms with Gasteiger partial charge in [-0.3, -0.25) is 14.2 Å².